The zero-order valence-corrected chi connectivity index (χ0v) is 10.1. The van der Waals surface area contributed by atoms with E-state index in [1.165, 1.54) is 12.1 Å². The number of hydrogen-bond donors (Lipinski definition) is 2. The fourth-order valence-electron chi connectivity index (χ4n) is 2.42. The van der Waals surface area contributed by atoms with Crippen LogP contribution in [-0.4, -0.2) is 23.2 Å². The smallest absolute Gasteiger partial charge is 0.416 e. The molecule has 0 amide bonds. The van der Waals surface area contributed by atoms with Crippen LogP contribution < -0.4 is 5.32 Å². The van der Waals surface area contributed by atoms with Crippen molar-refractivity contribution in [3.05, 3.63) is 35.4 Å². The molecule has 1 fully saturated rings. The molecule has 1 atom stereocenters. The standard InChI is InChI=1S/C13H14F3NO2/c14-13(15,16)10-4-1-3-9(7-10)8-12(11(18)19)5-2-6-17-12/h1,3-4,7,17H,2,5-6,8H2,(H,18,19). The fourth-order valence-corrected chi connectivity index (χ4v) is 2.42. The Bertz CT molecular complexity index is 479. The van der Waals surface area contributed by atoms with Gasteiger partial charge in [-0.05, 0) is 31.0 Å². The molecule has 0 saturated carbocycles. The van der Waals surface area contributed by atoms with Gasteiger partial charge >= 0.3 is 12.1 Å². The summed E-state index contributed by atoms with van der Waals surface area (Å²) < 4.78 is 37.8. The molecule has 1 aromatic carbocycles. The van der Waals surface area contributed by atoms with Gasteiger partial charge in [-0.2, -0.15) is 13.2 Å². The number of rotatable bonds is 3. The minimum absolute atomic E-state index is 0.0618. The van der Waals surface area contributed by atoms with Crippen molar-refractivity contribution >= 4 is 5.97 Å². The molecule has 0 aromatic heterocycles. The third-order valence-corrected chi connectivity index (χ3v) is 3.41. The van der Waals surface area contributed by atoms with E-state index in [2.05, 4.69) is 5.32 Å². The van der Waals surface area contributed by atoms with Crippen LogP contribution in [0.15, 0.2) is 24.3 Å². The Hall–Kier alpha value is -1.56. The van der Waals surface area contributed by atoms with Gasteiger partial charge in [0, 0.05) is 6.42 Å². The number of carbonyl (C=O) groups is 1. The summed E-state index contributed by atoms with van der Waals surface area (Å²) in [6, 6.07) is 4.84. The molecule has 1 unspecified atom stereocenters. The monoisotopic (exact) mass is 273 g/mol. The highest BCUT2D eigenvalue weighted by atomic mass is 19.4. The quantitative estimate of drug-likeness (QED) is 0.889. The number of aliphatic carboxylic acids is 1. The van der Waals surface area contributed by atoms with E-state index in [0.717, 1.165) is 12.1 Å². The van der Waals surface area contributed by atoms with Crippen molar-refractivity contribution in [1.29, 1.82) is 0 Å². The Morgan fingerprint density at radius 3 is 2.68 bits per heavy atom. The summed E-state index contributed by atoms with van der Waals surface area (Å²) in [7, 11) is 0. The van der Waals surface area contributed by atoms with E-state index in [1.54, 1.807) is 0 Å². The van der Waals surface area contributed by atoms with Crippen LogP contribution in [0, 0.1) is 0 Å². The highest BCUT2D eigenvalue weighted by molar-refractivity contribution is 5.79. The first kappa shape index (κ1) is 13.9. The fraction of sp³-hybridized carbons (Fsp3) is 0.462. The van der Waals surface area contributed by atoms with Crippen LogP contribution in [0.1, 0.15) is 24.0 Å². The van der Waals surface area contributed by atoms with Crippen LogP contribution in [0.25, 0.3) is 0 Å². The minimum Gasteiger partial charge on any atom is -0.480 e. The minimum atomic E-state index is -4.41. The Balaban J connectivity index is 2.25. The van der Waals surface area contributed by atoms with Crippen LogP contribution in [0.3, 0.4) is 0 Å². The number of carboxylic acid groups (broad SMARTS) is 1. The molecule has 0 spiro atoms. The number of halogens is 3. The Labute approximate surface area is 108 Å². The average Bonchev–Trinajstić information content (AvgIpc) is 2.78. The summed E-state index contributed by atoms with van der Waals surface area (Å²) in [4.78, 5) is 11.3. The van der Waals surface area contributed by atoms with Crippen LogP contribution in [0.5, 0.6) is 0 Å². The summed E-state index contributed by atoms with van der Waals surface area (Å²) >= 11 is 0. The molecule has 19 heavy (non-hydrogen) atoms. The van der Waals surface area contributed by atoms with Gasteiger partial charge in [0.25, 0.3) is 0 Å². The lowest BCUT2D eigenvalue weighted by Gasteiger charge is -2.24. The zero-order chi connectivity index (χ0) is 14.1. The van der Waals surface area contributed by atoms with E-state index in [0.29, 0.717) is 24.9 Å². The van der Waals surface area contributed by atoms with E-state index in [-0.39, 0.29) is 6.42 Å². The molecular formula is C13H14F3NO2. The first-order valence-electron chi connectivity index (χ1n) is 5.98. The molecule has 2 N–H and O–H groups in total. The van der Waals surface area contributed by atoms with Crippen LogP contribution in [0.2, 0.25) is 0 Å². The largest absolute Gasteiger partial charge is 0.480 e. The average molecular weight is 273 g/mol. The van der Waals surface area contributed by atoms with Crippen molar-refractivity contribution in [3.8, 4) is 0 Å². The Morgan fingerprint density at radius 1 is 1.42 bits per heavy atom. The third-order valence-electron chi connectivity index (χ3n) is 3.41. The normalized spacial score (nSPS) is 23.5. The number of alkyl halides is 3. The second-order valence-electron chi connectivity index (χ2n) is 4.79. The molecule has 6 heteroatoms. The molecule has 1 aliphatic rings. The molecule has 0 radical (unpaired) electrons. The molecule has 104 valence electrons. The molecule has 2 rings (SSSR count). The summed E-state index contributed by atoms with van der Waals surface area (Å²) in [5.41, 5.74) is -1.50. The lowest BCUT2D eigenvalue weighted by atomic mass is 9.89. The van der Waals surface area contributed by atoms with E-state index in [4.69, 9.17) is 0 Å². The maximum Gasteiger partial charge on any atom is 0.416 e. The van der Waals surface area contributed by atoms with Crippen molar-refractivity contribution in [2.75, 3.05) is 6.54 Å². The van der Waals surface area contributed by atoms with Crippen molar-refractivity contribution in [2.24, 2.45) is 0 Å². The first-order chi connectivity index (χ1) is 8.83. The van der Waals surface area contributed by atoms with Crippen LogP contribution >= 0.6 is 0 Å². The molecule has 1 aromatic rings. The second-order valence-corrected chi connectivity index (χ2v) is 4.79. The van der Waals surface area contributed by atoms with Gasteiger partial charge in [-0.25, -0.2) is 0 Å². The van der Waals surface area contributed by atoms with Gasteiger partial charge in [-0.15, -0.1) is 0 Å². The van der Waals surface area contributed by atoms with Gasteiger partial charge in [-0.1, -0.05) is 18.2 Å². The molecule has 0 aliphatic carbocycles. The van der Waals surface area contributed by atoms with Gasteiger partial charge in [0.1, 0.15) is 5.54 Å². The first-order valence-corrected chi connectivity index (χ1v) is 5.98. The van der Waals surface area contributed by atoms with E-state index < -0.39 is 23.2 Å². The van der Waals surface area contributed by atoms with Crippen molar-refractivity contribution in [3.63, 3.8) is 0 Å². The van der Waals surface area contributed by atoms with E-state index >= 15 is 0 Å². The SMILES string of the molecule is O=C(O)C1(Cc2cccc(C(F)(F)F)c2)CCCN1. The van der Waals surface area contributed by atoms with Gasteiger partial charge in [0.2, 0.25) is 0 Å². The lowest BCUT2D eigenvalue weighted by molar-refractivity contribution is -0.144. The van der Waals surface area contributed by atoms with Crippen molar-refractivity contribution < 1.29 is 23.1 Å². The molecule has 1 saturated heterocycles. The number of nitrogens with one attached hydrogen (secondary N) is 1. The van der Waals surface area contributed by atoms with Crippen LogP contribution in [0.4, 0.5) is 13.2 Å². The third kappa shape index (κ3) is 2.89. The molecule has 1 heterocycles. The van der Waals surface area contributed by atoms with Crippen molar-refractivity contribution in [2.45, 2.75) is 31.0 Å². The van der Waals surface area contributed by atoms with Crippen molar-refractivity contribution in [1.82, 2.24) is 5.32 Å². The van der Waals surface area contributed by atoms with E-state index in [1.807, 2.05) is 0 Å². The molecule has 3 nitrogen and oxygen atoms in total. The highest BCUT2D eigenvalue weighted by Gasteiger charge is 2.41. The number of carboxylic acids is 1. The maximum atomic E-state index is 12.6. The number of benzene rings is 1. The predicted molar refractivity (Wildman–Crippen MR) is 62.8 cm³/mol. The zero-order valence-electron chi connectivity index (χ0n) is 10.1. The van der Waals surface area contributed by atoms with Gasteiger partial charge in [-0.3, -0.25) is 4.79 Å². The topological polar surface area (TPSA) is 49.3 Å². The molecule has 1 aliphatic heterocycles. The summed E-state index contributed by atoms with van der Waals surface area (Å²) in [5, 5.41) is 12.2. The van der Waals surface area contributed by atoms with E-state index in [9.17, 15) is 23.1 Å². The van der Waals surface area contributed by atoms with Gasteiger partial charge in [0.15, 0.2) is 0 Å². The lowest BCUT2D eigenvalue weighted by Crippen LogP contribution is -2.49. The predicted octanol–water partition coefficient (Wildman–Crippen LogP) is 2.45. The molecular weight excluding hydrogens is 259 g/mol. The van der Waals surface area contributed by atoms with Crippen LogP contribution in [-0.2, 0) is 17.4 Å². The Morgan fingerprint density at radius 2 is 2.16 bits per heavy atom. The Kier molecular flexibility index (Phi) is 3.54. The maximum absolute atomic E-state index is 12.6. The van der Waals surface area contributed by atoms with Gasteiger partial charge in [0.05, 0.1) is 5.56 Å². The van der Waals surface area contributed by atoms with Gasteiger partial charge < -0.3 is 10.4 Å². The summed E-state index contributed by atoms with van der Waals surface area (Å²) in [6.07, 6.45) is -3.20. The molecule has 0 bridgehead atoms. The summed E-state index contributed by atoms with van der Waals surface area (Å²) in [6.45, 7) is 0.575. The summed E-state index contributed by atoms with van der Waals surface area (Å²) in [5.74, 6) is -1.01. The highest BCUT2D eigenvalue weighted by Crippen LogP contribution is 2.31. The number of hydrogen-bond acceptors (Lipinski definition) is 2. The second kappa shape index (κ2) is 4.85.